The van der Waals surface area contributed by atoms with Crippen LogP contribution in [0.4, 0.5) is 0 Å². The quantitative estimate of drug-likeness (QED) is 0.716. The van der Waals surface area contributed by atoms with Crippen molar-refractivity contribution in [2.75, 3.05) is 26.2 Å². The van der Waals surface area contributed by atoms with Crippen molar-refractivity contribution in [3.8, 4) is 0 Å². The van der Waals surface area contributed by atoms with Crippen molar-refractivity contribution in [1.82, 2.24) is 9.80 Å². The van der Waals surface area contributed by atoms with Gasteiger partial charge in [-0.15, -0.1) is 11.3 Å². The Kier molecular flexibility index (Phi) is 3.40. The van der Waals surface area contributed by atoms with E-state index in [0.717, 1.165) is 43.9 Å². The third-order valence-corrected chi connectivity index (χ3v) is 5.58. The summed E-state index contributed by atoms with van der Waals surface area (Å²) in [5, 5.41) is 0. The van der Waals surface area contributed by atoms with E-state index in [4.69, 9.17) is 0 Å². The van der Waals surface area contributed by atoms with Crippen molar-refractivity contribution in [1.29, 1.82) is 0 Å². The van der Waals surface area contributed by atoms with Crippen molar-refractivity contribution < 1.29 is 4.79 Å². The van der Waals surface area contributed by atoms with Gasteiger partial charge in [-0.3, -0.25) is 4.79 Å². The Morgan fingerprint density at radius 1 is 1.24 bits per heavy atom. The maximum absolute atomic E-state index is 12.5. The fraction of sp³-hybridized carbons (Fsp3) is 0.583. The Morgan fingerprint density at radius 2 is 2.00 bits per heavy atom. The molecule has 17 heavy (non-hydrogen) atoms. The highest BCUT2D eigenvalue weighted by molar-refractivity contribution is 14.1. The van der Waals surface area contributed by atoms with Crippen molar-refractivity contribution >= 4 is 39.8 Å². The topological polar surface area (TPSA) is 23.6 Å². The van der Waals surface area contributed by atoms with Crippen LogP contribution in [0.1, 0.15) is 22.5 Å². The summed E-state index contributed by atoms with van der Waals surface area (Å²) in [5.74, 6) is 0.242. The van der Waals surface area contributed by atoms with Gasteiger partial charge in [0.2, 0.25) is 0 Å². The normalized spacial score (nSPS) is 28.2. The van der Waals surface area contributed by atoms with Gasteiger partial charge in [0, 0.05) is 32.2 Å². The first-order valence-corrected chi connectivity index (χ1v) is 7.92. The maximum Gasteiger partial charge on any atom is 0.264 e. The van der Waals surface area contributed by atoms with E-state index >= 15 is 0 Å². The molecule has 3 fully saturated rings. The Bertz CT molecular complexity index is 426. The van der Waals surface area contributed by atoms with E-state index in [1.165, 1.54) is 2.88 Å². The highest BCUT2D eigenvalue weighted by Gasteiger charge is 2.32. The molecular weight excluding hydrogens is 347 g/mol. The molecule has 3 saturated heterocycles. The fourth-order valence-corrected chi connectivity index (χ4v) is 4.30. The van der Waals surface area contributed by atoms with E-state index < -0.39 is 0 Å². The highest BCUT2D eigenvalue weighted by atomic mass is 127. The lowest BCUT2D eigenvalue weighted by Crippen LogP contribution is -2.41. The van der Waals surface area contributed by atoms with Crippen LogP contribution in [0, 0.1) is 2.88 Å². The minimum Gasteiger partial charge on any atom is -0.334 e. The Labute approximate surface area is 119 Å². The molecular formula is C12H15IN2OS. The lowest BCUT2D eigenvalue weighted by Gasteiger charge is -2.31. The average Bonchev–Trinajstić information content (AvgIpc) is 2.58. The zero-order valence-corrected chi connectivity index (χ0v) is 12.5. The molecule has 0 radical (unpaired) electrons. The number of nitrogens with zero attached hydrogens (tertiary/aromatic N) is 2. The first-order chi connectivity index (χ1) is 8.24. The predicted octanol–water partition coefficient (Wildman–Crippen LogP) is 2.27. The van der Waals surface area contributed by atoms with E-state index in [0.29, 0.717) is 6.04 Å². The smallest absolute Gasteiger partial charge is 0.264 e. The molecule has 0 atom stereocenters. The molecule has 0 spiro atoms. The summed E-state index contributed by atoms with van der Waals surface area (Å²) in [6, 6.07) is 4.46. The molecule has 3 nitrogen and oxygen atoms in total. The summed E-state index contributed by atoms with van der Waals surface area (Å²) in [4.78, 5) is 17.9. The molecule has 1 aromatic heterocycles. The van der Waals surface area contributed by atoms with Crippen LogP contribution < -0.4 is 0 Å². The van der Waals surface area contributed by atoms with E-state index in [2.05, 4.69) is 32.4 Å². The average molecular weight is 362 g/mol. The number of hydrogen-bond acceptors (Lipinski definition) is 3. The van der Waals surface area contributed by atoms with Crippen molar-refractivity contribution in [3.63, 3.8) is 0 Å². The standard InChI is InChI=1S/C12H15IN2OS/c13-11-2-1-10(17-11)12(16)15-8-7-14-5-3-9(15)4-6-14/h1-2,9H,3-8H2. The minimum atomic E-state index is 0.242. The maximum atomic E-state index is 12.5. The Morgan fingerprint density at radius 3 is 2.65 bits per heavy atom. The summed E-state index contributed by atoms with van der Waals surface area (Å²) < 4.78 is 1.19. The molecule has 1 amide bonds. The number of amides is 1. The predicted molar refractivity (Wildman–Crippen MR) is 77.5 cm³/mol. The summed E-state index contributed by atoms with van der Waals surface area (Å²) in [6.07, 6.45) is 2.29. The fourth-order valence-electron chi connectivity index (χ4n) is 2.72. The number of hydrogen-bond donors (Lipinski definition) is 0. The van der Waals surface area contributed by atoms with E-state index in [1.807, 2.05) is 12.1 Å². The molecule has 0 aromatic carbocycles. The lowest BCUT2D eigenvalue weighted by atomic mass is 10.1. The second-order valence-electron chi connectivity index (χ2n) is 4.68. The number of halogens is 1. The number of rotatable bonds is 1. The molecule has 1 aromatic rings. The monoisotopic (exact) mass is 362 g/mol. The summed E-state index contributed by atoms with van der Waals surface area (Å²) in [5.41, 5.74) is 0. The highest BCUT2D eigenvalue weighted by Crippen LogP contribution is 2.25. The molecule has 3 aliphatic rings. The molecule has 0 saturated carbocycles. The van der Waals surface area contributed by atoms with Gasteiger partial charge in [-0.2, -0.15) is 0 Å². The van der Waals surface area contributed by atoms with Gasteiger partial charge in [0.1, 0.15) is 0 Å². The number of carbonyl (C=O) groups is 1. The van der Waals surface area contributed by atoms with Gasteiger partial charge < -0.3 is 9.80 Å². The van der Waals surface area contributed by atoms with Crippen LogP contribution in [0.3, 0.4) is 0 Å². The van der Waals surface area contributed by atoms with E-state index in [9.17, 15) is 4.79 Å². The number of carbonyl (C=O) groups excluding carboxylic acids is 1. The van der Waals surface area contributed by atoms with Crippen LogP contribution in [0.15, 0.2) is 12.1 Å². The third-order valence-electron chi connectivity index (χ3n) is 3.70. The summed E-state index contributed by atoms with van der Waals surface area (Å²) in [6.45, 7) is 4.27. The van der Waals surface area contributed by atoms with Crippen LogP contribution >= 0.6 is 33.9 Å². The molecule has 5 heteroatoms. The lowest BCUT2D eigenvalue weighted by molar-refractivity contribution is 0.0690. The van der Waals surface area contributed by atoms with E-state index in [-0.39, 0.29) is 5.91 Å². The van der Waals surface area contributed by atoms with Crippen LogP contribution in [0.2, 0.25) is 0 Å². The van der Waals surface area contributed by atoms with Gasteiger partial charge >= 0.3 is 0 Å². The SMILES string of the molecule is O=C(c1ccc(I)s1)N1CCN2CCC1CC2. The Hall–Kier alpha value is -0.140. The number of fused-ring (bicyclic) bond motifs is 4. The van der Waals surface area contributed by atoms with Gasteiger partial charge in [0.25, 0.3) is 5.91 Å². The molecule has 3 aliphatic heterocycles. The number of piperidine rings is 1. The first kappa shape index (κ1) is 11.9. The molecule has 0 N–H and O–H groups in total. The summed E-state index contributed by atoms with van der Waals surface area (Å²) >= 11 is 3.88. The van der Waals surface area contributed by atoms with Crippen molar-refractivity contribution in [3.05, 3.63) is 19.9 Å². The Balaban J connectivity index is 1.81. The summed E-state index contributed by atoms with van der Waals surface area (Å²) in [7, 11) is 0. The zero-order chi connectivity index (χ0) is 11.8. The molecule has 0 unspecified atom stereocenters. The van der Waals surface area contributed by atoms with Gasteiger partial charge in [0.15, 0.2) is 0 Å². The minimum absolute atomic E-state index is 0.242. The third kappa shape index (κ3) is 2.37. The van der Waals surface area contributed by atoms with Crippen molar-refractivity contribution in [2.45, 2.75) is 18.9 Å². The zero-order valence-electron chi connectivity index (χ0n) is 9.56. The van der Waals surface area contributed by atoms with Gasteiger partial charge in [-0.05, 0) is 47.6 Å². The van der Waals surface area contributed by atoms with Crippen LogP contribution in [0.5, 0.6) is 0 Å². The van der Waals surface area contributed by atoms with Crippen LogP contribution in [0.25, 0.3) is 0 Å². The van der Waals surface area contributed by atoms with Gasteiger partial charge in [-0.1, -0.05) is 0 Å². The molecule has 0 aliphatic carbocycles. The van der Waals surface area contributed by atoms with Gasteiger partial charge in [-0.25, -0.2) is 0 Å². The second-order valence-corrected chi connectivity index (χ2v) is 7.65. The van der Waals surface area contributed by atoms with E-state index in [1.54, 1.807) is 11.3 Å². The second kappa shape index (κ2) is 4.85. The first-order valence-electron chi connectivity index (χ1n) is 6.03. The number of thiophene rings is 1. The molecule has 4 heterocycles. The van der Waals surface area contributed by atoms with Crippen LogP contribution in [-0.2, 0) is 0 Å². The molecule has 4 rings (SSSR count). The van der Waals surface area contributed by atoms with Crippen molar-refractivity contribution in [2.24, 2.45) is 0 Å². The molecule has 92 valence electrons. The van der Waals surface area contributed by atoms with Gasteiger partial charge in [0.05, 0.1) is 7.76 Å². The van der Waals surface area contributed by atoms with Crippen LogP contribution in [-0.4, -0.2) is 47.9 Å². The molecule has 2 bridgehead atoms. The largest absolute Gasteiger partial charge is 0.334 e.